The number of H-pyrrole nitrogens is 1. The van der Waals surface area contributed by atoms with Crippen molar-refractivity contribution in [2.45, 2.75) is 6.92 Å². The van der Waals surface area contributed by atoms with E-state index in [4.69, 9.17) is 4.74 Å². The molecule has 0 fully saturated rings. The second-order valence-electron chi connectivity index (χ2n) is 3.23. The van der Waals surface area contributed by atoms with Gasteiger partial charge in [-0.1, -0.05) is 0 Å². The van der Waals surface area contributed by atoms with Gasteiger partial charge in [0.05, 0.1) is 17.9 Å². The van der Waals surface area contributed by atoms with Crippen LogP contribution in [0.4, 0.5) is 0 Å². The number of ether oxygens (including phenoxy) is 1. The molecule has 1 N–H and O–H groups in total. The van der Waals surface area contributed by atoms with Crippen molar-refractivity contribution in [3.05, 3.63) is 42.4 Å². The van der Waals surface area contributed by atoms with Gasteiger partial charge in [0, 0.05) is 24.2 Å². The van der Waals surface area contributed by atoms with E-state index in [1.807, 2.05) is 12.1 Å². The Morgan fingerprint density at radius 2 is 2.38 bits per heavy atom. The Kier molecular flexibility index (Phi) is 3.00. The standard InChI is InChI=1S/C12H12N2O2/c1-2-16-12(15)10-5-7-14-11(10)9-4-3-6-13-8-9/h3-8,14H,2H2,1H3. The van der Waals surface area contributed by atoms with Crippen molar-refractivity contribution < 1.29 is 9.53 Å². The van der Waals surface area contributed by atoms with Crippen LogP contribution in [0.25, 0.3) is 11.3 Å². The molecule has 0 spiro atoms. The summed E-state index contributed by atoms with van der Waals surface area (Å²) in [5.74, 6) is -0.317. The maximum atomic E-state index is 11.6. The average molecular weight is 216 g/mol. The summed E-state index contributed by atoms with van der Waals surface area (Å²) in [6, 6.07) is 5.42. The molecule has 0 saturated carbocycles. The van der Waals surface area contributed by atoms with Crippen LogP contribution in [0.1, 0.15) is 17.3 Å². The molecule has 2 aromatic rings. The molecule has 0 atom stereocenters. The van der Waals surface area contributed by atoms with Gasteiger partial charge in [-0.05, 0) is 25.1 Å². The molecule has 4 nitrogen and oxygen atoms in total. The van der Waals surface area contributed by atoms with E-state index >= 15 is 0 Å². The first-order valence-corrected chi connectivity index (χ1v) is 5.08. The van der Waals surface area contributed by atoms with Gasteiger partial charge in [0.1, 0.15) is 0 Å². The molecule has 0 saturated heterocycles. The Hall–Kier alpha value is -2.10. The Morgan fingerprint density at radius 1 is 1.50 bits per heavy atom. The molecular formula is C12H12N2O2. The lowest BCUT2D eigenvalue weighted by Gasteiger charge is -2.03. The van der Waals surface area contributed by atoms with E-state index in [2.05, 4.69) is 9.97 Å². The topological polar surface area (TPSA) is 55.0 Å². The molecule has 0 bridgehead atoms. The summed E-state index contributed by atoms with van der Waals surface area (Å²) in [6.45, 7) is 2.16. The van der Waals surface area contributed by atoms with Gasteiger partial charge >= 0.3 is 5.97 Å². The zero-order chi connectivity index (χ0) is 11.4. The van der Waals surface area contributed by atoms with Gasteiger partial charge in [-0.2, -0.15) is 0 Å². The number of pyridine rings is 1. The summed E-state index contributed by atoms with van der Waals surface area (Å²) in [6.07, 6.45) is 5.11. The van der Waals surface area contributed by atoms with Crippen LogP contribution in [-0.4, -0.2) is 22.5 Å². The summed E-state index contributed by atoms with van der Waals surface area (Å²) >= 11 is 0. The first-order chi connectivity index (χ1) is 7.83. The monoisotopic (exact) mass is 216 g/mol. The molecular weight excluding hydrogens is 204 g/mol. The first kappa shape index (κ1) is 10.4. The van der Waals surface area contributed by atoms with Crippen molar-refractivity contribution in [2.75, 3.05) is 6.61 Å². The van der Waals surface area contributed by atoms with Crippen LogP contribution in [0.2, 0.25) is 0 Å². The van der Waals surface area contributed by atoms with Gasteiger partial charge < -0.3 is 9.72 Å². The highest BCUT2D eigenvalue weighted by Gasteiger charge is 2.14. The van der Waals surface area contributed by atoms with E-state index in [1.165, 1.54) is 0 Å². The molecule has 4 heteroatoms. The highest BCUT2D eigenvalue weighted by Crippen LogP contribution is 2.21. The third kappa shape index (κ3) is 1.95. The smallest absolute Gasteiger partial charge is 0.340 e. The largest absolute Gasteiger partial charge is 0.462 e. The zero-order valence-electron chi connectivity index (χ0n) is 8.93. The quantitative estimate of drug-likeness (QED) is 0.800. The van der Waals surface area contributed by atoms with Crippen molar-refractivity contribution in [2.24, 2.45) is 0 Å². The van der Waals surface area contributed by atoms with Crippen LogP contribution in [0.3, 0.4) is 0 Å². The molecule has 16 heavy (non-hydrogen) atoms. The van der Waals surface area contributed by atoms with Crippen molar-refractivity contribution in [1.82, 2.24) is 9.97 Å². The van der Waals surface area contributed by atoms with Crippen LogP contribution in [0.5, 0.6) is 0 Å². The van der Waals surface area contributed by atoms with E-state index in [0.29, 0.717) is 12.2 Å². The molecule has 0 unspecified atom stereocenters. The SMILES string of the molecule is CCOC(=O)c1cc[nH]c1-c1cccnc1. The fraction of sp³-hybridized carbons (Fsp3) is 0.167. The number of hydrogen-bond donors (Lipinski definition) is 1. The molecule has 2 rings (SSSR count). The van der Waals surface area contributed by atoms with Crippen molar-refractivity contribution in [1.29, 1.82) is 0 Å². The lowest BCUT2D eigenvalue weighted by atomic mass is 10.1. The maximum Gasteiger partial charge on any atom is 0.340 e. The van der Waals surface area contributed by atoms with Crippen LogP contribution in [0.15, 0.2) is 36.8 Å². The summed E-state index contributed by atoms with van der Waals surface area (Å²) in [4.78, 5) is 18.7. The predicted octanol–water partition coefficient (Wildman–Crippen LogP) is 2.25. The van der Waals surface area contributed by atoms with Crippen LogP contribution in [0, 0.1) is 0 Å². The van der Waals surface area contributed by atoms with Crippen molar-refractivity contribution in [3.8, 4) is 11.3 Å². The minimum absolute atomic E-state index is 0.317. The second kappa shape index (κ2) is 4.61. The number of hydrogen-bond acceptors (Lipinski definition) is 3. The Bertz CT molecular complexity index is 477. The van der Waals surface area contributed by atoms with E-state index in [9.17, 15) is 4.79 Å². The summed E-state index contributed by atoms with van der Waals surface area (Å²) in [7, 11) is 0. The van der Waals surface area contributed by atoms with Crippen LogP contribution >= 0.6 is 0 Å². The fourth-order valence-corrected chi connectivity index (χ4v) is 1.50. The minimum Gasteiger partial charge on any atom is -0.462 e. The summed E-state index contributed by atoms with van der Waals surface area (Å²) in [5.41, 5.74) is 2.15. The summed E-state index contributed by atoms with van der Waals surface area (Å²) in [5, 5.41) is 0. The average Bonchev–Trinajstić information content (AvgIpc) is 2.79. The molecule has 0 aliphatic heterocycles. The number of carbonyl (C=O) groups is 1. The van der Waals surface area contributed by atoms with E-state index < -0.39 is 0 Å². The van der Waals surface area contributed by atoms with E-state index in [0.717, 1.165) is 11.3 Å². The molecule has 82 valence electrons. The fourth-order valence-electron chi connectivity index (χ4n) is 1.50. The number of aromatic nitrogens is 2. The zero-order valence-corrected chi connectivity index (χ0v) is 8.93. The number of nitrogens with zero attached hydrogens (tertiary/aromatic N) is 1. The van der Waals surface area contributed by atoms with E-state index in [1.54, 1.807) is 31.6 Å². The molecule has 0 aromatic carbocycles. The Morgan fingerprint density at radius 3 is 3.06 bits per heavy atom. The van der Waals surface area contributed by atoms with Gasteiger partial charge in [-0.25, -0.2) is 4.79 Å². The molecule has 2 aromatic heterocycles. The number of carbonyl (C=O) groups excluding carboxylic acids is 1. The Labute approximate surface area is 93.3 Å². The van der Waals surface area contributed by atoms with Crippen molar-refractivity contribution in [3.63, 3.8) is 0 Å². The van der Waals surface area contributed by atoms with Crippen LogP contribution < -0.4 is 0 Å². The highest BCUT2D eigenvalue weighted by molar-refractivity contribution is 5.96. The molecule has 2 heterocycles. The lowest BCUT2D eigenvalue weighted by Crippen LogP contribution is -2.04. The Balaban J connectivity index is 2.37. The number of nitrogens with one attached hydrogen (secondary N) is 1. The van der Waals surface area contributed by atoms with Gasteiger partial charge in [-0.15, -0.1) is 0 Å². The third-order valence-corrected chi connectivity index (χ3v) is 2.19. The molecule has 0 aliphatic rings. The van der Waals surface area contributed by atoms with Gasteiger partial charge in [-0.3, -0.25) is 4.98 Å². The third-order valence-electron chi connectivity index (χ3n) is 2.19. The maximum absolute atomic E-state index is 11.6. The highest BCUT2D eigenvalue weighted by atomic mass is 16.5. The summed E-state index contributed by atoms with van der Waals surface area (Å²) < 4.78 is 4.97. The van der Waals surface area contributed by atoms with Crippen molar-refractivity contribution >= 4 is 5.97 Å². The number of esters is 1. The van der Waals surface area contributed by atoms with E-state index in [-0.39, 0.29) is 5.97 Å². The first-order valence-electron chi connectivity index (χ1n) is 5.08. The van der Waals surface area contributed by atoms with Gasteiger partial charge in [0.15, 0.2) is 0 Å². The number of rotatable bonds is 3. The molecule has 0 amide bonds. The lowest BCUT2D eigenvalue weighted by molar-refractivity contribution is 0.0527. The predicted molar refractivity (Wildman–Crippen MR) is 60.0 cm³/mol. The van der Waals surface area contributed by atoms with Gasteiger partial charge in [0.2, 0.25) is 0 Å². The normalized spacial score (nSPS) is 10.1. The van der Waals surface area contributed by atoms with Gasteiger partial charge in [0.25, 0.3) is 0 Å². The second-order valence-corrected chi connectivity index (χ2v) is 3.23. The number of aromatic amines is 1. The minimum atomic E-state index is -0.317. The molecule has 0 aliphatic carbocycles. The van der Waals surface area contributed by atoms with Crippen LogP contribution in [-0.2, 0) is 4.74 Å². The molecule has 0 radical (unpaired) electrons.